The first kappa shape index (κ1) is 15.0. The van der Waals surface area contributed by atoms with Gasteiger partial charge in [-0.1, -0.05) is 37.5 Å². The smallest absolute Gasteiger partial charge is 0.236 e. The van der Waals surface area contributed by atoms with Crippen LogP contribution in [-0.4, -0.2) is 36.9 Å². The number of likely N-dealkylation sites (tertiary alicyclic amines) is 1. The molecule has 1 aliphatic heterocycles. The quantitative estimate of drug-likeness (QED) is 0.805. The van der Waals surface area contributed by atoms with Crippen LogP contribution in [0, 0.1) is 5.41 Å². The molecule has 1 aromatic carbocycles. The molecular weight excluding hydrogens is 306 g/mol. The number of hydrogen-bond donors (Lipinski definition) is 0. The van der Waals surface area contributed by atoms with Gasteiger partial charge in [-0.15, -0.1) is 5.10 Å². The van der Waals surface area contributed by atoms with Crippen molar-refractivity contribution in [2.45, 2.75) is 45.1 Å². The van der Waals surface area contributed by atoms with E-state index in [1.54, 1.807) is 4.68 Å². The number of carbonyl (C=O) groups excluding carboxylic acids is 2. The molecule has 4 rings (SSSR count). The molecule has 0 radical (unpaired) electrons. The molecule has 2 fully saturated rings. The van der Waals surface area contributed by atoms with Gasteiger partial charge in [-0.25, -0.2) is 0 Å². The predicted octanol–water partition coefficient (Wildman–Crippen LogP) is 1.87. The largest absolute Gasteiger partial charge is 0.274 e. The highest BCUT2D eigenvalue weighted by molar-refractivity contribution is 6.05. The fourth-order valence-electron chi connectivity index (χ4n) is 3.85. The van der Waals surface area contributed by atoms with Gasteiger partial charge < -0.3 is 0 Å². The minimum Gasteiger partial charge on any atom is -0.274 e. The molecule has 2 aromatic rings. The van der Waals surface area contributed by atoms with Crippen molar-refractivity contribution in [2.24, 2.45) is 5.41 Å². The van der Waals surface area contributed by atoms with Crippen LogP contribution in [0.4, 0.5) is 0 Å². The summed E-state index contributed by atoms with van der Waals surface area (Å²) in [4.78, 5) is 26.7. The van der Waals surface area contributed by atoms with Crippen LogP contribution in [-0.2, 0) is 16.1 Å². The van der Waals surface area contributed by atoms with Crippen LogP contribution in [0.5, 0.6) is 0 Å². The number of rotatable bonds is 3. The molecule has 24 heavy (non-hydrogen) atoms. The van der Waals surface area contributed by atoms with Crippen molar-refractivity contribution in [2.75, 3.05) is 0 Å². The fourth-order valence-corrected chi connectivity index (χ4v) is 3.85. The van der Waals surface area contributed by atoms with Crippen LogP contribution in [0.25, 0.3) is 5.69 Å². The van der Waals surface area contributed by atoms with Crippen molar-refractivity contribution in [3.63, 3.8) is 0 Å². The number of nitrogens with zero attached hydrogens (tertiary/aromatic N) is 5. The van der Waals surface area contributed by atoms with Gasteiger partial charge in [-0.05, 0) is 35.4 Å². The normalized spacial score (nSPS) is 20.1. The molecule has 2 aliphatic rings. The summed E-state index contributed by atoms with van der Waals surface area (Å²) in [7, 11) is 0. The van der Waals surface area contributed by atoms with Crippen molar-refractivity contribution < 1.29 is 9.59 Å². The lowest BCUT2D eigenvalue weighted by Crippen LogP contribution is -2.37. The lowest BCUT2D eigenvalue weighted by Gasteiger charge is -2.30. The average molecular weight is 325 g/mol. The van der Waals surface area contributed by atoms with E-state index in [9.17, 15) is 9.59 Å². The molecular formula is C17H19N5O2. The van der Waals surface area contributed by atoms with E-state index in [-0.39, 0.29) is 18.4 Å². The number of amides is 2. The van der Waals surface area contributed by atoms with E-state index < -0.39 is 5.41 Å². The zero-order valence-electron chi connectivity index (χ0n) is 13.4. The first-order valence-electron chi connectivity index (χ1n) is 8.37. The Morgan fingerprint density at radius 3 is 2.54 bits per heavy atom. The van der Waals surface area contributed by atoms with Crippen molar-refractivity contribution in [1.29, 1.82) is 0 Å². The Bertz CT molecular complexity index is 764. The summed E-state index contributed by atoms with van der Waals surface area (Å²) in [6.07, 6.45) is 5.16. The summed E-state index contributed by atoms with van der Waals surface area (Å²) in [6, 6.07) is 9.47. The van der Waals surface area contributed by atoms with Gasteiger partial charge in [0, 0.05) is 6.42 Å². The molecule has 0 unspecified atom stereocenters. The Hall–Kier alpha value is -2.57. The number of para-hydroxylation sites is 1. The van der Waals surface area contributed by atoms with Crippen LogP contribution >= 0.6 is 0 Å². The van der Waals surface area contributed by atoms with E-state index in [1.807, 2.05) is 30.3 Å². The number of hydrogen-bond acceptors (Lipinski definition) is 5. The molecule has 0 atom stereocenters. The number of carbonyl (C=O) groups is 2. The molecule has 7 heteroatoms. The maximum atomic E-state index is 12.9. The SMILES string of the molecule is O=C1CC2(CCCCC2)C(=O)N1Cc1nnnn1-c1ccccc1. The van der Waals surface area contributed by atoms with Crippen LogP contribution in [0.2, 0.25) is 0 Å². The second-order valence-corrected chi connectivity index (χ2v) is 6.65. The maximum absolute atomic E-state index is 12.9. The van der Waals surface area contributed by atoms with E-state index >= 15 is 0 Å². The lowest BCUT2D eigenvalue weighted by atomic mass is 9.73. The van der Waals surface area contributed by atoms with Gasteiger partial charge >= 0.3 is 0 Å². The summed E-state index contributed by atoms with van der Waals surface area (Å²) in [5.41, 5.74) is 0.337. The Balaban J connectivity index is 1.59. The topological polar surface area (TPSA) is 81.0 Å². The number of tetrazole rings is 1. The van der Waals surface area contributed by atoms with E-state index in [1.165, 1.54) is 4.90 Å². The Kier molecular flexibility index (Phi) is 3.63. The van der Waals surface area contributed by atoms with Crippen LogP contribution < -0.4 is 0 Å². The van der Waals surface area contributed by atoms with Crippen LogP contribution in [0.3, 0.4) is 0 Å². The minimum absolute atomic E-state index is 0.0465. The second-order valence-electron chi connectivity index (χ2n) is 6.65. The van der Waals surface area contributed by atoms with Crippen molar-refractivity contribution in [3.8, 4) is 5.69 Å². The van der Waals surface area contributed by atoms with Gasteiger partial charge in [0.25, 0.3) is 0 Å². The molecule has 124 valence electrons. The standard InChI is InChI=1S/C17H19N5O2/c23-15-11-17(9-5-2-6-10-17)16(24)21(15)12-14-18-19-20-22(14)13-7-3-1-4-8-13/h1,3-4,7-8H,2,5-6,9-12H2. The third-order valence-corrected chi connectivity index (χ3v) is 5.13. The minimum atomic E-state index is -0.472. The summed E-state index contributed by atoms with van der Waals surface area (Å²) < 4.78 is 1.58. The van der Waals surface area contributed by atoms with E-state index in [0.29, 0.717) is 12.2 Å². The van der Waals surface area contributed by atoms with Gasteiger partial charge in [0.1, 0.15) is 0 Å². The molecule has 7 nitrogen and oxygen atoms in total. The van der Waals surface area contributed by atoms with Crippen LogP contribution in [0.1, 0.15) is 44.3 Å². The molecule has 1 saturated heterocycles. The van der Waals surface area contributed by atoms with Gasteiger partial charge in [-0.3, -0.25) is 14.5 Å². The number of aromatic nitrogens is 4. The van der Waals surface area contributed by atoms with Gasteiger partial charge in [-0.2, -0.15) is 4.68 Å². The zero-order chi connectivity index (χ0) is 16.6. The Labute approximate surface area is 139 Å². The van der Waals surface area contributed by atoms with Gasteiger partial charge in [0.05, 0.1) is 17.6 Å². The van der Waals surface area contributed by atoms with E-state index in [2.05, 4.69) is 15.5 Å². The molecule has 1 spiro atoms. The average Bonchev–Trinajstić information content (AvgIpc) is 3.16. The molecule has 0 N–H and O–H groups in total. The summed E-state index contributed by atoms with van der Waals surface area (Å²) >= 11 is 0. The molecule has 2 amide bonds. The first-order valence-corrected chi connectivity index (χ1v) is 8.37. The maximum Gasteiger partial charge on any atom is 0.236 e. The zero-order valence-corrected chi connectivity index (χ0v) is 13.4. The summed E-state index contributed by atoms with van der Waals surface area (Å²) in [5.74, 6) is 0.343. The molecule has 1 saturated carbocycles. The molecule has 2 heterocycles. The van der Waals surface area contributed by atoms with E-state index in [0.717, 1.165) is 37.8 Å². The summed E-state index contributed by atoms with van der Waals surface area (Å²) in [5, 5.41) is 11.7. The Morgan fingerprint density at radius 1 is 1.04 bits per heavy atom. The monoisotopic (exact) mass is 325 g/mol. The fraction of sp³-hybridized carbons (Fsp3) is 0.471. The number of imide groups is 1. The predicted molar refractivity (Wildman–Crippen MR) is 84.8 cm³/mol. The molecule has 1 aromatic heterocycles. The van der Waals surface area contributed by atoms with E-state index in [4.69, 9.17) is 0 Å². The van der Waals surface area contributed by atoms with Crippen molar-refractivity contribution >= 4 is 11.8 Å². The van der Waals surface area contributed by atoms with Crippen LogP contribution in [0.15, 0.2) is 30.3 Å². The highest BCUT2D eigenvalue weighted by Gasteiger charge is 2.51. The van der Waals surface area contributed by atoms with Gasteiger partial charge in [0.15, 0.2) is 5.82 Å². The van der Waals surface area contributed by atoms with Gasteiger partial charge in [0.2, 0.25) is 11.8 Å². The molecule has 1 aliphatic carbocycles. The van der Waals surface area contributed by atoms with Crippen molar-refractivity contribution in [1.82, 2.24) is 25.1 Å². The highest BCUT2D eigenvalue weighted by Crippen LogP contribution is 2.45. The lowest BCUT2D eigenvalue weighted by molar-refractivity contribution is -0.143. The Morgan fingerprint density at radius 2 is 1.79 bits per heavy atom. The third kappa shape index (κ3) is 2.40. The number of benzene rings is 1. The van der Waals surface area contributed by atoms with Crippen molar-refractivity contribution in [3.05, 3.63) is 36.2 Å². The third-order valence-electron chi connectivity index (χ3n) is 5.13. The summed E-state index contributed by atoms with van der Waals surface area (Å²) in [6.45, 7) is 0.126. The highest BCUT2D eigenvalue weighted by atomic mass is 16.2. The second kappa shape index (κ2) is 5.81. The first-order chi connectivity index (χ1) is 11.7. The molecule has 0 bridgehead atoms.